The molecule has 0 N–H and O–H groups in total. The lowest BCUT2D eigenvalue weighted by molar-refractivity contribution is -0.384. The first-order chi connectivity index (χ1) is 7.16. The highest BCUT2D eigenvalue weighted by Crippen LogP contribution is 2.15. The fourth-order valence-electron chi connectivity index (χ4n) is 1.23. The molecule has 2 aromatic rings. The summed E-state index contributed by atoms with van der Waals surface area (Å²) in [4.78, 5) is 10.1. The van der Waals surface area contributed by atoms with Gasteiger partial charge >= 0.3 is 0 Å². The zero-order valence-corrected chi connectivity index (χ0v) is 7.70. The van der Waals surface area contributed by atoms with Crippen LogP contribution < -0.4 is 5.46 Å². The first-order valence-electron chi connectivity index (χ1n) is 4.22. The third-order valence-electron chi connectivity index (χ3n) is 1.91. The summed E-state index contributed by atoms with van der Waals surface area (Å²) in [5.74, 6) is 0. The number of rotatable bonds is 2. The second-order valence-electron chi connectivity index (χ2n) is 3.00. The van der Waals surface area contributed by atoms with Gasteiger partial charge in [0.15, 0.2) is 0 Å². The molecule has 0 saturated heterocycles. The number of nitro groups is 1. The van der Waals surface area contributed by atoms with Crippen molar-refractivity contribution < 1.29 is 4.92 Å². The van der Waals surface area contributed by atoms with E-state index in [1.165, 1.54) is 23.0 Å². The number of hydrogen-bond donors (Lipinski definition) is 0. The van der Waals surface area contributed by atoms with Crippen molar-refractivity contribution in [2.75, 3.05) is 0 Å². The molecule has 6 heteroatoms. The lowest BCUT2D eigenvalue weighted by Crippen LogP contribution is -1.98. The minimum absolute atomic E-state index is 0.0292. The Balaban J connectivity index is 2.45. The Labute approximate surface area is 86.9 Å². The van der Waals surface area contributed by atoms with Crippen molar-refractivity contribution in [1.29, 1.82) is 0 Å². The zero-order chi connectivity index (χ0) is 10.8. The number of aromatic nitrogens is 2. The minimum atomic E-state index is -0.448. The molecule has 0 atom stereocenters. The average molecular weight is 199 g/mol. The van der Waals surface area contributed by atoms with E-state index < -0.39 is 4.92 Å². The Bertz CT molecular complexity index is 510. The smallest absolute Gasteiger partial charge is 0.258 e. The molecular weight excluding hydrogens is 193 g/mol. The fourth-order valence-corrected chi connectivity index (χ4v) is 1.23. The van der Waals surface area contributed by atoms with Gasteiger partial charge in [0.1, 0.15) is 7.85 Å². The molecule has 0 fully saturated rings. The number of nitro benzene ring substituents is 1. The van der Waals surface area contributed by atoms with Crippen molar-refractivity contribution in [2.24, 2.45) is 0 Å². The van der Waals surface area contributed by atoms with Gasteiger partial charge in [-0.2, -0.15) is 5.10 Å². The van der Waals surface area contributed by atoms with Crippen molar-refractivity contribution in [3.05, 3.63) is 46.8 Å². The molecule has 0 saturated carbocycles. The van der Waals surface area contributed by atoms with Crippen LogP contribution in [-0.2, 0) is 0 Å². The highest BCUT2D eigenvalue weighted by atomic mass is 16.6. The number of non-ortho nitro benzene ring substituents is 1. The van der Waals surface area contributed by atoms with Gasteiger partial charge in [0.25, 0.3) is 5.69 Å². The Morgan fingerprint density at radius 2 is 2.27 bits per heavy atom. The molecule has 2 rings (SSSR count). The topological polar surface area (TPSA) is 61.0 Å². The number of benzene rings is 1. The first kappa shape index (κ1) is 9.45. The van der Waals surface area contributed by atoms with Crippen molar-refractivity contribution in [3.8, 4) is 5.69 Å². The molecule has 0 aliphatic rings. The summed E-state index contributed by atoms with van der Waals surface area (Å²) in [5.41, 5.74) is 1.16. The Morgan fingerprint density at radius 3 is 2.87 bits per heavy atom. The summed E-state index contributed by atoms with van der Waals surface area (Å²) >= 11 is 0. The van der Waals surface area contributed by atoms with Crippen LogP contribution in [0.3, 0.4) is 0 Å². The van der Waals surface area contributed by atoms with Crippen LogP contribution in [0.4, 0.5) is 5.69 Å². The van der Waals surface area contributed by atoms with E-state index in [9.17, 15) is 10.1 Å². The maximum Gasteiger partial charge on any atom is 0.271 e. The predicted molar refractivity (Wildman–Crippen MR) is 55.6 cm³/mol. The fraction of sp³-hybridized carbons (Fsp3) is 0. The lowest BCUT2D eigenvalue weighted by atomic mass is 10.0. The van der Waals surface area contributed by atoms with Gasteiger partial charge in [0, 0.05) is 24.5 Å². The van der Waals surface area contributed by atoms with Crippen LogP contribution in [0.15, 0.2) is 36.7 Å². The number of nitrogens with zero attached hydrogens (tertiary/aromatic N) is 3. The van der Waals surface area contributed by atoms with Gasteiger partial charge in [-0.05, 0) is 6.07 Å². The van der Waals surface area contributed by atoms with Crippen molar-refractivity contribution in [2.45, 2.75) is 0 Å². The lowest BCUT2D eigenvalue weighted by Gasteiger charge is -1.99. The van der Waals surface area contributed by atoms with Gasteiger partial charge in [-0.3, -0.25) is 10.1 Å². The summed E-state index contributed by atoms with van der Waals surface area (Å²) in [7, 11) is 5.50. The molecule has 15 heavy (non-hydrogen) atoms. The maximum absolute atomic E-state index is 10.5. The van der Waals surface area contributed by atoms with E-state index in [1.54, 1.807) is 18.3 Å². The molecule has 1 aromatic carbocycles. The SMILES string of the molecule is [B]c1cnn(-c2cccc([N+](=O)[O-])c2)c1. The minimum Gasteiger partial charge on any atom is -0.258 e. The van der Waals surface area contributed by atoms with Crippen LogP contribution >= 0.6 is 0 Å². The van der Waals surface area contributed by atoms with Gasteiger partial charge < -0.3 is 0 Å². The monoisotopic (exact) mass is 199 g/mol. The largest absolute Gasteiger partial charge is 0.271 e. The molecular formula is C9H6BN3O2. The first-order valence-corrected chi connectivity index (χ1v) is 4.22. The van der Waals surface area contributed by atoms with E-state index in [1.807, 2.05) is 0 Å². The highest BCUT2D eigenvalue weighted by Gasteiger charge is 2.06. The Hall–Kier alpha value is -2.11. The zero-order valence-electron chi connectivity index (χ0n) is 7.70. The molecule has 5 nitrogen and oxygen atoms in total. The van der Waals surface area contributed by atoms with E-state index in [4.69, 9.17) is 7.85 Å². The molecule has 0 unspecified atom stereocenters. The average Bonchev–Trinajstić information content (AvgIpc) is 2.65. The standard InChI is InChI=1S/C9H6BN3O2/c10-7-5-11-12(6-7)8-2-1-3-9(4-8)13(14)15/h1-6H. The second kappa shape index (κ2) is 3.57. The third kappa shape index (κ3) is 1.88. The summed E-state index contributed by atoms with van der Waals surface area (Å²) in [6.07, 6.45) is 3.08. The van der Waals surface area contributed by atoms with E-state index in [2.05, 4.69) is 5.10 Å². The molecule has 1 aromatic heterocycles. The van der Waals surface area contributed by atoms with E-state index in [0.717, 1.165) is 0 Å². The molecule has 2 radical (unpaired) electrons. The maximum atomic E-state index is 10.5. The van der Waals surface area contributed by atoms with Crippen LogP contribution in [-0.4, -0.2) is 22.6 Å². The van der Waals surface area contributed by atoms with Gasteiger partial charge in [-0.15, -0.1) is 0 Å². The third-order valence-corrected chi connectivity index (χ3v) is 1.91. The van der Waals surface area contributed by atoms with Crippen molar-refractivity contribution >= 4 is 19.0 Å². The van der Waals surface area contributed by atoms with Crippen LogP contribution in [0.5, 0.6) is 0 Å². The molecule has 0 amide bonds. The Morgan fingerprint density at radius 1 is 1.47 bits per heavy atom. The summed E-state index contributed by atoms with van der Waals surface area (Å²) in [6.45, 7) is 0. The molecule has 72 valence electrons. The van der Waals surface area contributed by atoms with Gasteiger partial charge in [0.05, 0.1) is 10.6 Å². The van der Waals surface area contributed by atoms with Crippen molar-refractivity contribution in [1.82, 2.24) is 9.78 Å². The molecule has 0 spiro atoms. The van der Waals surface area contributed by atoms with Crippen LogP contribution in [0.25, 0.3) is 5.69 Å². The van der Waals surface area contributed by atoms with Crippen LogP contribution in [0.2, 0.25) is 0 Å². The van der Waals surface area contributed by atoms with E-state index in [-0.39, 0.29) is 5.69 Å². The quantitative estimate of drug-likeness (QED) is 0.403. The Kier molecular flexibility index (Phi) is 2.25. The van der Waals surface area contributed by atoms with Crippen molar-refractivity contribution in [3.63, 3.8) is 0 Å². The molecule has 0 bridgehead atoms. The summed E-state index contributed by atoms with van der Waals surface area (Å²) < 4.78 is 1.49. The van der Waals surface area contributed by atoms with Gasteiger partial charge in [-0.1, -0.05) is 11.5 Å². The number of hydrogen-bond acceptors (Lipinski definition) is 3. The molecule has 0 aliphatic carbocycles. The van der Waals surface area contributed by atoms with E-state index >= 15 is 0 Å². The van der Waals surface area contributed by atoms with Crippen LogP contribution in [0.1, 0.15) is 0 Å². The summed E-state index contributed by atoms with van der Waals surface area (Å²) in [5, 5.41) is 14.5. The van der Waals surface area contributed by atoms with Gasteiger partial charge in [-0.25, -0.2) is 4.68 Å². The van der Waals surface area contributed by atoms with Gasteiger partial charge in [0.2, 0.25) is 0 Å². The molecule has 0 aliphatic heterocycles. The predicted octanol–water partition coefficient (Wildman–Crippen LogP) is 0.574. The van der Waals surface area contributed by atoms with Crippen LogP contribution in [0, 0.1) is 10.1 Å². The highest BCUT2D eigenvalue weighted by molar-refractivity contribution is 6.31. The normalized spacial score (nSPS) is 10.1. The summed E-state index contributed by atoms with van der Waals surface area (Å²) in [6, 6.07) is 6.19. The molecule has 1 heterocycles. The second-order valence-corrected chi connectivity index (χ2v) is 3.00. The van der Waals surface area contributed by atoms with E-state index in [0.29, 0.717) is 11.2 Å².